The molecule has 1 unspecified atom stereocenters. The molecule has 1 atom stereocenters. The van der Waals surface area contributed by atoms with Crippen LogP contribution in [0.25, 0.3) is 0 Å². The van der Waals surface area contributed by atoms with Crippen LogP contribution in [0.15, 0.2) is 57.8 Å². The van der Waals surface area contributed by atoms with Crippen molar-refractivity contribution in [3.8, 4) is 0 Å². The maximum Gasteiger partial charge on any atom is 0.310 e. The van der Waals surface area contributed by atoms with Crippen LogP contribution in [0.3, 0.4) is 0 Å². The second-order valence-corrected chi connectivity index (χ2v) is 8.45. The Labute approximate surface area is 175 Å². The van der Waals surface area contributed by atoms with Crippen LogP contribution in [0.4, 0.5) is 5.69 Å². The maximum atomic E-state index is 12.8. The predicted molar refractivity (Wildman–Crippen MR) is 113 cm³/mol. The number of ether oxygens (including phenoxy) is 1. The minimum atomic E-state index is -3.71. The van der Waals surface area contributed by atoms with Crippen LogP contribution in [0, 0.1) is 5.92 Å². The smallest absolute Gasteiger partial charge is 0.310 e. The zero-order valence-electron chi connectivity index (χ0n) is 17.0. The first-order chi connectivity index (χ1) is 14.3. The number of amidine groups is 1. The van der Waals surface area contributed by atoms with Gasteiger partial charge in [0.05, 0.1) is 13.0 Å². The predicted octanol–water partition coefficient (Wildman–Crippen LogP) is 2.52. The number of esters is 1. The van der Waals surface area contributed by atoms with Gasteiger partial charge in [0.1, 0.15) is 4.90 Å². The zero-order chi connectivity index (χ0) is 21.9. The van der Waals surface area contributed by atoms with E-state index in [2.05, 4.69) is 9.71 Å². The highest BCUT2D eigenvalue weighted by molar-refractivity contribution is 7.90. The number of fused-ring (bicyclic) bond motifs is 1. The Morgan fingerprint density at radius 3 is 2.43 bits per heavy atom. The molecule has 1 amide bonds. The van der Waals surface area contributed by atoms with E-state index < -0.39 is 15.9 Å². The molecule has 0 spiro atoms. The first-order valence-corrected chi connectivity index (χ1v) is 10.9. The van der Waals surface area contributed by atoms with E-state index in [9.17, 15) is 18.0 Å². The van der Waals surface area contributed by atoms with Gasteiger partial charge in [-0.2, -0.15) is 8.42 Å². The lowest BCUT2D eigenvalue weighted by atomic mass is 10.1. The molecular weight excluding hydrogens is 406 g/mol. The molecule has 0 aromatic heterocycles. The maximum absolute atomic E-state index is 12.8. The van der Waals surface area contributed by atoms with Crippen molar-refractivity contribution in [1.29, 1.82) is 0 Å². The van der Waals surface area contributed by atoms with Gasteiger partial charge in [-0.3, -0.25) is 9.59 Å². The van der Waals surface area contributed by atoms with Crippen molar-refractivity contribution in [3.05, 3.63) is 59.7 Å². The number of carbonyl (C=O) groups excluding carboxylic acids is 2. The summed E-state index contributed by atoms with van der Waals surface area (Å²) in [7, 11) is -2.38. The normalized spacial score (nSPS) is 15.0. The van der Waals surface area contributed by atoms with Crippen LogP contribution in [-0.4, -0.2) is 51.2 Å². The van der Waals surface area contributed by atoms with Crippen molar-refractivity contribution in [2.24, 2.45) is 10.3 Å². The number of nitrogens with zero attached hydrogens (tertiary/aromatic N) is 2. The summed E-state index contributed by atoms with van der Waals surface area (Å²) in [5, 5.41) is 3.00. The molecule has 2 aromatic carbocycles. The van der Waals surface area contributed by atoms with Crippen molar-refractivity contribution in [1.82, 2.24) is 4.90 Å². The van der Waals surface area contributed by atoms with Crippen molar-refractivity contribution < 1.29 is 22.7 Å². The molecule has 2 aromatic rings. The van der Waals surface area contributed by atoms with Gasteiger partial charge in [0.15, 0.2) is 5.84 Å². The fraction of sp³-hybridized carbons (Fsp3) is 0.286. The molecular formula is C21H23N3O5S. The van der Waals surface area contributed by atoms with Crippen molar-refractivity contribution in [2.45, 2.75) is 18.7 Å². The summed E-state index contributed by atoms with van der Waals surface area (Å²) in [5.74, 6) is -0.756. The van der Waals surface area contributed by atoms with E-state index in [4.69, 9.17) is 4.74 Å². The molecule has 0 bridgehead atoms. The van der Waals surface area contributed by atoms with Gasteiger partial charge in [0.2, 0.25) is 0 Å². The van der Waals surface area contributed by atoms with Gasteiger partial charge in [-0.25, -0.2) is 0 Å². The molecule has 158 valence electrons. The van der Waals surface area contributed by atoms with Crippen molar-refractivity contribution >= 4 is 33.4 Å². The Bertz CT molecular complexity index is 1090. The molecule has 1 heterocycles. The number of nitrogens with one attached hydrogen (secondary N) is 1. The third kappa shape index (κ3) is 4.35. The Balaban J connectivity index is 1.74. The monoisotopic (exact) mass is 429 g/mol. The lowest BCUT2D eigenvalue weighted by molar-refractivity contribution is -0.145. The summed E-state index contributed by atoms with van der Waals surface area (Å²) in [6.45, 7) is 4.26. The summed E-state index contributed by atoms with van der Waals surface area (Å²) in [5.41, 5.74) is 1.57. The number of hydrogen-bond acceptors (Lipinski definition) is 6. The van der Waals surface area contributed by atoms with Crippen molar-refractivity contribution in [3.63, 3.8) is 0 Å². The highest BCUT2D eigenvalue weighted by Gasteiger charge is 2.28. The number of hydrogen-bond donors (Lipinski definition) is 1. The zero-order valence-corrected chi connectivity index (χ0v) is 17.8. The second-order valence-electron chi connectivity index (χ2n) is 6.88. The molecule has 8 nitrogen and oxygen atoms in total. The van der Waals surface area contributed by atoms with Gasteiger partial charge in [0.25, 0.3) is 15.9 Å². The number of rotatable bonds is 6. The van der Waals surface area contributed by atoms with Gasteiger partial charge >= 0.3 is 5.97 Å². The number of anilines is 1. The molecule has 1 aliphatic rings. The summed E-state index contributed by atoms with van der Waals surface area (Å²) in [6, 6.07) is 13.2. The molecule has 30 heavy (non-hydrogen) atoms. The average Bonchev–Trinajstić information content (AvgIpc) is 3.01. The Hall–Kier alpha value is -3.20. The highest BCUT2D eigenvalue weighted by Crippen LogP contribution is 2.26. The lowest BCUT2D eigenvalue weighted by Gasteiger charge is -2.23. The number of methoxy groups -OCH3 is 1. The number of benzene rings is 2. The quantitative estimate of drug-likeness (QED) is 0.708. The van der Waals surface area contributed by atoms with E-state index in [1.165, 1.54) is 13.2 Å². The first-order valence-electron chi connectivity index (χ1n) is 9.45. The Kier molecular flexibility index (Phi) is 6.21. The SMILES string of the molecule is CCN(CC(C)C(=O)OC)C(=O)c1ccc(NC2=NS(=O)(=O)c3ccccc32)cc1. The van der Waals surface area contributed by atoms with Gasteiger partial charge in [0, 0.05) is 29.9 Å². The lowest BCUT2D eigenvalue weighted by Crippen LogP contribution is -2.37. The van der Waals surface area contributed by atoms with Crippen LogP contribution in [0.5, 0.6) is 0 Å². The van der Waals surface area contributed by atoms with Crippen LogP contribution >= 0.6 is 0 Å². The van der Waals surface area contributed by atoms with E-state index in [0.717, 1.165) is 0 Å². The molecule has 1 N–H and O–H groups in total. The minimum Gasteiger partial charge on any atom is -0.469 e. The first kappa shape index (κ1) is 21.5. The third-order valence-corrected chi connectivity index (χ3v) is 6.13. The number of carbonyl (C=O) groups is 2. The minimum absolute atomic E-state index is 0.164. The van der Waals surface area contributed by atoms with Crippen LogP contribution in [-0.2, 0) is 19.6 Å². The van der Waals surface area contributed by atoms with E-state index >= 15 is 0 Å². The largest absolute Gasteiger partial charge is 0.469 e. The van der Waals surface area contributed by atoms with Crippen LogP contribution < -0.4 is 5.32 Å². The number of amides is 1. The van der Waals surface area contributed by atoms with Crippen molar-refractivity contribution in [2.75, 3.05) is 25.5 Å². The molecule has 0 radical (unpaired) electrons. The summed E-state index contributed by atoms with van der Waals surface area (Å²) < 4.78 is 32.8. The van der Waals surface area contributed by atoms with Crippen LogP contribution in [0.1, 0.15) is 29.8 Å². The average molecular weight is 429 g/mol. The summed E-state index contributed by atoms with van der Waals surface area (Å²) >= 11 is 0. The van der Waals surface area contributed by atoms with Crippen LogP contribution in [0.2, 0.25) is 0 Å². The van der Waals surface area contributed by atoms with Gasteiger partial charge in [-0.15, -0.1) is 4.40 Å². The topological polar surface area (TPSA) is 105 Å². The highest BCUT2D eigenvalue weighted by atomic mass is 32.2. The standard InChI is InChI=1S/C21H23N3O5S/c1-4-24(13-14(2)21(26)29-3)20(25)15-9-11-16(12-10-15)22-19-17-7-5-6-8-18(17)30(27,28)23-19/h5-12,14H,4,13H2,1-3H3,(H,22,23). The molecule has 0 aliphatic carbocycles. The Morgan fingerprint density at radius 1 is 1.13 bits per heavy atom. The van der Waals surface area contributed by atoms with E-state index in [1.807, 2.05) is 6.92 Å². The molecule has 0 fully saturated rings. The van der Waals surface area contributed by atoms with Gasteiger partial charge < -0.3 is 15.0 Å². The number of sulfonamides is 1. The molecule has 1 aliphatic heterocycles. The second kappa shape index (κ2) is 8.66. The third-order valence-electron chi connectivity index (χ3n) is 4.79. The summed E-state index contributed by atoms with van der Waals surface area (Å²) in [6.07, 6.45) is 0. The Morgan fingerprint density at radius 2 is 1.80 bits per heavy atom. The molecule has 3 rings (SSSR count). The van der Waals surface area contributed by atoms with E-state index in [-0.39, 0.29) is 29.2 Å². The summed E-state index contributed by atoms with van der Waals surface area (Å²) in [4.78, 5) is 26.2. The fourth-order valence-corrected chi connectivity index (χ4v) is 4.35. The molecule has 0 saturated heterocycles. The van der Waals surface area contributed by atoms with Gasteiger partial charge in [-0.05, 0) is 43.3 Å². The fourth-order valence-electron chi connectivity index (χ4n) is 3.17. The molecule has 0 saturated carbocycles. The van der Waals surface area contributed by atoms with E-state index in [0.29, 0.717) is 23.4 Å². The van der Waals surface area contributed by atoms with Gasteiger partial charge in [-0.1, -0.05) is 19.1 Å². The molecule has 9 heteroatoms. The van der Waals surface area contributed by atoms with E-state index in [1.54, 1.807) is 54.3 Å².